The Labute approximate surface area is 81.1 Å². The summed E-state index contributed by atoms with van der Waals surface area (Å²) >= 11 is 1.06. The summed E-state index contributed by atoms with van der Waals surface area (Å²) in [5.74, 6) is 0. The molecule has 0 saturated carbocycles. The molecule has 5 nitrogen and oxygen atoms in total. The van der Waals surface area contributed by atoms with Crippen molar-refractivity contribution >= 4 is 26.3 Å². The molecule has 7 heteroatoms. The molecular formula is C6H11N3O2S2. The lowest BCUT2D eigenvalue weighted by Crippen LogP contribution is -1.98. The van der Waals surface area contributed by atoms with Gasteiger partial charge in [-0.25, -0.2) is 8.42 Å². The standard InChI is InChI=1S/C6H11N3O2S2/c1-3-4-7-5-8-9-6(12-5)13(2,10)11/h3-4H2,1-2H3,(H,7,8). The Balaban J connectivity index is 2.76. The van der Waals surface area contributed by atoms with Gasteiger partial charge in [-0.15, -0.1) is 10.2 Å². The molecule has 0 saturated heterocycles. The number of nitrogens with one attached hydrogen (secondary N) is 1. The number of aromatic nitrogens is 2. The third-order valence-electron chi connectivity index (χ3n) is 1.25. The number of nitrogens with zero attached hydrogens (tertiary/aromatic N) is 2. The summed E-state index contributed by atoms with van der Waals surface area (Å²) in [4.78, 5) is 0. The Morgan fingerprint density at radius 2 is 2.15 bits per heavy atom. The number of hydrogen-bond acceptors (Lipinski definition) is 6. The van der Waals surface area contributed by atoms with Gasteiger partial charge in [0.2, 0.25) is 19.3 Å². The minimum Gasteiger partial charge on any atom is -0.360 e. The summed E-state index contributed by atoms with van der Waals surface area (Å²) in [5.41, 5.74) is 0. The van der Waals surface area contributed by atoms with Crippen LogP contribution in [0.4, 0.5) is 5.13 Å². The molecule has 0 bridgehead atoms. The van der Waals surface area contributed by atoms with Gasteiger partial charge in [-0.1, -0.05) is 18.3 Å². The van der Waals surface area contributed by atoms with Crippen molar-refractivity contribution in [1.82, 2.24) is 10.2 Å². The fourth-order valence-corrected chi connectivity index (χ4v) is 2.20. The van der Waals surface area contributed by atoms with Crippen LogP contribution in [0, 0.1) is 0 Å². The molecule has 0 fully saturated rings. The van der Waals surface area contributed by atoms with Gasteiger partial charge >= 0.3 is 0 Å². The Hall–Kier alpha value is -0.690. The molecule has 0 spiro atoms. The molecular weight excluding hydrogens is 210 g/mol. The third kappa shape index (κ3) is 2.92. The Kier molecular flexibility index (Phi) is 3.21. The van der Waals surface area contributed by atoms with E-state index < -0.39 is 9.84 Å². The fourth-order valence-electron chi connectivity index (χ4n) is 0.663. The van der Waals surface area contributed by atoms with Crippen LogP contribution in [-0.2, 0) is 9.84 Å². The number of sulfone groups is 1. The van der Waals surface area contributed by atoms with Crippen LogP contribution in [0.15, 0.2) is 4.34 Å². The zero-order valence-electron chi connectivity index (χ0n) is 7.44. The van der Waals surface area contributed by atoms with E-state index in [2.05, 4.69) is 15.5 Å². The van der Waals surface area contributed by atoms with Crippen molar-refractivity contribution in [2.24, 2.45) is 0 Å². The highest BCUT2D eigenvalue weighted by Gasteiger charge is 2.13. The van der Waals surface area contributed by atoms with Gasteiger partial charge in [-0.2, -0.15) is 0 Å². The summed E-state index contributed by atoms with van der Waals surface area (Å²) < 4.78 is 22.1. The molecule has 1 aromatic heterocycles. The number of hydrogen-bond donors (Lipinski definition) is 1. The topological polar surface area (TPSA) is 72.0 Å². The molecule has 1 N–H and O–H groups in total. The van der Waals surface area contributed by atoms with E-state index in [0.29, 0.717) is 5.13 Å². The SMILES string of the molecule is CCCNc1nnc(S(C)(=O)=O)s1. The summed E-state index contributed by atoms with van der Waals surface area (Å²) in [7, 11) is -3.20. The van der Waals surface area contributed by atoms with Gasteiger partial charge in [0.05, 0.1) is 0 Å². The molecule has 0 aliphatic carbocycles. The normalized spacial score (nSPS) is 11.5. The fraction of sp³-hybridized carbons (Fsp3) is 0.667. The van der Waals surface area contributed by atoms with E-state index in [9.17, 15) is 8.42 Å². The first-order valence-corrected chi connectivity index (χ1v) is 6.52. The highest BCUT2D eigenvalue weighted by molar-refractivity contribution is 7.92. The van der Waals surface area contributed by atoms with Crippen molar-refractivity contribution < 1.29 is 8.42 Å². The van der Waals surface area contributed by atoms with Crippen LogP contribution in [0.25, 0.3) is 0 Å². The number of rotatable bonds is 4. The smallest absolute Gasteiger partial charge is 0.234 e. The third-order valence-corrected chi connectivity index (χ3v) is 3.80. The maximum absolute atomic E-state index is 11.0. The maximum atomic E-state index is 11.0. The van der Waals surface area contributed by atoms with Gasteiger partial charge in [0.25, 0.3) is 0 Å². The van der Waals surface area contributed by atoms with Crippen molar-refractivity contribution in [1.29, 1.82) is 0 Å². The van der Waals surface area contributed by atoms with Crippen molar-refractivity contribution in [2.45, 2.75) is 17.7 Å². The van der Waals surface area contributed by atoms with Gasteiger partial charge in [0.1, 0.15) is 0 Å². The van der Waals surface area contributed by atoms with Crippen LogP contribution >= 0.6 is 11.3 Å². The highest BCUT2D eigenvalue weighted by Crippen LogP contribution is 2.19. The first-order valence-electron chi connectivity index (χ1n) is 3.81. The van der Waals surface area contributed by atoms with Crippen molar-refractivity contribution in [2.75, 3.05) is 18.1 Å². The largest absolute Gasteiger partial charge is 0.360 e. The van der Waals surface area contributed by atoms with Gasteiger partial charge in [0.15, 0.2) is 0 Å². The monoisotopic (exact) mass is 221 g/mol. The van der Waals surface area contributed by atoms with Gasteiger partial charge < -0.3 is 5.32 Å². The predicted molar refractivity (Wildman–Crippen MR) is 51.8 cm³/mol. The van der Waals surface area contributed by atoms with E-state index in [1.165, 1.54) is 0 Å². The summed E-state index contributed by atoms with van der Waals surface area (Å²) in [6.07, 6.45) is 2.09. The Bertz CT molecular complexity index is 371. The van der Waals surface area contributed by atoms with E-state index in [1.807, 2.05) is 6.92 Å². The number of anilines is 1. The van der Waals surface area contributed by atoms with Crippen LogP contribution in [0.5, 0.6) is 0 Å². The minimum absolute atomic E-state index is 0.0612. The quantitative estimate of drug-likeness (QED) is 0.812. The minimum atomic E-state index is -3.20. The van der Waals surface area contributed by atoms with Crippen LogP contribution in [-0.4, -0.2) is 31.4 Å². The zero-order chi connectivity index (χ0) is 9.90. The molecule has 1 heterocycles. The van der Waals surface area contributed by atoms with Gasteiger partial charge in [0, 0.05) is 12.8 Å². The predicted octanol–water partition coefficient (Wildman–Crippen LogP) is 0.764. The second-order valence-corrected chi connectivity index (χ2v) is 5.74. The lowest BCUT2D eigenvalue weighted by molar-refractivity contribution is 0.600. The lowest BCUT2D eigenvalue weighted by Gasteiger charge is -1.94. The van der Waals surface area contributed by atoms with Gasteiger partial charge in [-0.3, -0.25) is 0 Å². The summed E-state index contributed by atoms with van der Waals surface area (Å²) in [6, 6.07) is 0. The first-order chi connectivity index (χ1) is 6.04. The van der Waals surface area contributed by atoms with E-state index in [1.54, 1.807) is 0 Å². The first kappa shape index (κ1) is 10.4. The molecule has 0 aliphatic rings. The molecule has 0 atom stereocenters. The zero-order valence-corrected chi connectivity index (χ0v) is 9.07. The van der Waals surface area contributed by atoms with E-state index in [-0.39, 0.29) is 4.34 Å². The molecule has 0 aliphatic heterocycles. The highest BCUT2D eigenvalue weighted by atomic mass is 32.2. The molecule has 13 heavy (non-hydrogen) atoms. The van der Waals surface area contributed by atoms with Crippen molar-refractivity contribution in [3.8, 4) is 0 Å². The van der Waals surface area contributed by atoms with Crippen LogP contribution in [0.1, 0.15) is 13.3 Å². The molecule has 0 amide bonds. The molecule has 1 aromatic rings. The van der Waals surface area contributed by atoms with E-state index in [4.69, 9.17) is 0 Å². The van der Waals surface area contributed by atoms with Crippen molar-refractivity contribution in [3.63, 3.8) is 0 Å². The average Bonchev–Trinajstić information content (AvgIpc) is 2.47. The second-order valence-electron chi connectivity index (χ2n) is 2.57. The lowest BCUT2D eigenvalue weighted by atomic mass is 10.5. The van der Waals surface area contributed by atoms with Crippen LogP contribution in [0.2, 0.25) is 0 Å². The summed E-state index contributed by atoms with van der Waals surface area (Å²) in [6.45, 7) is 2.80. The average molecular weight is 221 g/mol. The molecule has 0 radical (unpaired) electrons. The Morgan fingerprint density at radius 1 is 1.46 bits per heavy atom. The summed E-state index contributed by atoms with van der Waals surface area (Å²) in [5, 5.41) is 10.8. The van der Waals surface area contributed by atoms with Gasteiger partial charge in [-0.05, 0) is 6.42 Å². The van der Waals surface area contributed by atoms with Crippen LogP contribution < -0.4 is 5.32 Å². The molecule has 74 valence electrons. The van der Waals surface area contributed by atoms with Crippen molar-refractivity contribution in [3.05, 3.63) is 0 Å². The van der Waals surface area contributed by atoms with E-state index in [0.717, 1.165) is 30.6 Å². The maximum Gasteiger partial charge on any atom is 0.234 e. The Morgan fingerprint density at radius 3 is 2.62 bits per heavy atom. The van der Waals surface area contributed by atoms with Crippen LogP contribution in [0.3, 0.4) is 0 Å². The van der Waals surface area contributed by atoms with E-state index >= 15 is 0 Å². The molecule has 0 unspecified atom stereocenters. The molecule has 1 rings (SSSR count). The second kappa shape index (κ2) is 4.01. The molecule has 0 aromatic carbocycles.